The number of halogens is 1. The van der Waals surface area contributed by atoms with Gasteiger partial charge in [0.15, 0.2) is 11.5 Å². The number of likely N-dealkylation sites (tertiary alicyclic amines) is 1. The third kappa shape index (κ3) is 5.79. The summed E-state index contributed by atoms with van der Waals surface area (Å²) in [5.41, 5.74) is 3.25. The average Bonchev–Trinajstić information content (AvgIpc) is 3.46. The Labute approximate surface area is 228 Å². The van der Waals surface area contributed by atoms with Crippen LogP contribution in [-0.2, 0) is 34.8 Å². The Kier molecular flexibility index (Phi) is 7.91. The lowest BCUT2D eigenvalue weighted by atomic mass is 9.88. The second-order valence-electron chi connectivity index (χ2n) is 10.6. The van der Waals surface area contributed by atoms with Gasteiger partial charge < -0.3 is 23.9 Å². The SMILES string of the molecule is COCCn1c(CCC(=O)O)cnc1CN1CCC(c2cccc3c2OC(C)(c2ccc(C)cc2F)O3)CC1. The molecule has 1 saturated heterocycles. The molecule has 3 aromatic rings. The van der Waals surface area contributed by atoms with Crippen molar-refractivity contribution >= 4 is 5.97 Å². The van der Waals surface area contributed by atoms with E-state index in [0.717, 1.165) is 48.6 Å². The Balaban J connectivity index is 1.26. The number of ether oxygens (including phenoxy) is 3. The molecule has 5 rings (SSSR count). The fraction of sp³-hybridized carbons (Fsp3) is 0.467. The summed E-state index contributed by atoms with van der Waals surface area (Å²) in [4.78, 5) is 18.1. The van der Waals surface area contributed by atoms with Crippen LogP contribution in [0.1, 0.15) is 60.3 Å². The molecular formula is C30H36FN3O5. The number of carboxylic acids is 1. The largest absolute Gasteiger partial charge is 0.481 e. The maximum Gasteiger partial charge on any atom is 0.303 e. The van der Waals surface area contributed by atoms with Crippen molar-refractivity contribution in [2.75, 3.05) is 26.8 Å². The zero-order chi connectivity index (χ0) is 27.6. The number of aliphatic carboxylic acids is 1. The predicted molar refractivity (Wildman–Crippen MR) is 143 cm³/mol. The number of nitrogens with zero attached hydrogens (tertiary/aromatic N) is 3. The maximum absolute atomic E-state index is 14.8. The lowest BCUT2D eigenvalue weighted by Crippen LogP contribution is -2.34. The molecule has 208 valence electrons. The van der Waals surface area contributed by atoms with E-state index in [1.54, 1.807) is 26.3 Å². The summed E-state index contributed by atoms with van der Waals surface area (Å²) in [7, 11) is 1.66. The maximum atomic E-state index is 14.8. The number of piperidine rings is 1. The van der Waals surface area contributed by atoms with Gasteiger partial charge in [-0.2, -0.15) is 0 Å². The van der Waals surface area contributed by atoms with Crippen LogP contribution in [0.2, 0.25) is 0 Å². The average molecular weight is 538 g/mol. The zero-order valence-corrected chi connectivity index (χ0v) is 22.8. The quantitative estimate of drug-likeness (QED) is 0.389. The van der Waals surface area contributed by atoms with Crippen LogP contribution in [0.4, 0.5) is 4.39 Å². The van der Waals surface area contributed by atoms with Crippen molar-refractivity contribution in [3.8, 4) is 11.5 Å². The molecule has 1 unspecified atom stereocenters. The number of carbonyl (C=O) groups is 1. The van der Waals surface area contributed by atoms with Gasteiger partial charge in [-0.15, -0.1) is 0 Å². The third-order valence-electron chi connectivity index (χ3n) is 7.75. The molecule has 0 saturated carbocycles. The van der Waals surface area contributed by atoms with Crippen LogP contribution in [0.5, 0.6) is 11.5 Å². The molecule has 1 N–H and O–H groups in total. The summed E-state index contributed by atoms with van der Waals surface area (Å²) >= 11 is 0. The van der Waals surface area contributed by atoms with E-state index >= 15 is 0 Å². The van der Waals surface area contributed by atoms with Crippen LogP contribution in [0.15, 0.2) is 42.6 Å². The van der Waals surface area contributed by atoms with Crippen molar-refractivity contribution in [3.63, 3.8) is 0 Å². The highest BCUT2D eigenvalue weighted by Gasteiger charge is 2.42. The summed E-state index contributed by atoms with van der Waals surface area (Å²) in [6.45, 7) is 7.28. The molecule has 1 atom stereocenters. The summed E-state index contributed by atoms with van der Waals surface area (Å²) < 4.78 is 34.7. The molecule has 0 aliphatic carbocycles. The van der Waals surface area contributed by atoms with Crippen molar-refractivity contribution in [1.29, 1.82) is 0 Å². The van der Waals surface area contributed by atoms with Gasteiger partial charge in [0.25, 0.3) is 5.79 Å². The van der Waals surface area contributed by atoms with Gasteiger partial charge in [-0.05, 0) is 69.0 Å². The fourth-order valence-corrected chi connectivity index (χ4v) is 5.64. The first kappa shape index (κ1) is 27.1. The molecule has 2 aliphatic heterocycles. The molecule has 0 bridgehead atoms. The van der Waals surface area contributed by atoms with Gasteiger partial charge in [0, 0.05) is 38.0 Å². The number of hydrogen-bond donors (Lipinski definition) is 1. The van der Waals surface area contributed by atoms with Crippen molar-refractivity contribution in [1.82, 2.24) is 14.5 Å². The minimum absolute atomic E-state index is 0.0757. The lowest BCUT2D eigenvalue weighted by Gasteiger charge is -2.32. The number of fused-ring (bicyclic) bond motifs is 1. The molecule has 8 nitrogen and oxygen atoms in total. The number of aromatic nitrogens is 2. The van der Waals surface area contributed by atoms with E-state index in [2.05, 4.69) is 20.5 Å². The van der Waals surface area contributed by atoms with E-state index in [9.17, 15) is 9.18 Å². The van der Waals surface area contributed by atoms with E-state index in [4.69, 9.17) is 19.3 Å². The van der Waals surface area contributed by atoms with E-state index in [1.807, 2.05) is 25.1 Å². The van der Waals surface area contributed by atoms with Gasteiger partial charge in [0.05, 0.1) is 25.1 Å². The van der Waals surface area contributed by atoms with Crippen molar-refractivity contribution < 1.29 is 28.5 Å². The Morgan fingerprint density at radius 2 is 2.03 bits per heavy atom. The van der Waals surface area contributed by atoms with Crippen LogP contribution in [0, 0.1) is 12.7 Å². The highest BCUT2D eigenvalue weighted by molar-refractivity contribution is 5.67. The molecule has 9 heteroatoms. The molecular weight excluding hydrogens is 501 g/mol. The van der Waals surface area contributed by atoms with E-state index in [1.165, 1.54) is 6.07 Å². The molecule has 0 spiro atoms. The molecule has 2 aromatic carbocycles. The Hall–Kier alpha value is -3.43. The first-order valence-electron chi connectivity index (χ1n) is 13.5. The lowest BCUT2D eigenvalue weighted by molar-refractivity contribution is -0.137. The van der Waals surface area contributed by atoms with Gasteiger partial charge in [-0.3, -0.25) is 9.69 Å². The third-order valence-corrected chi connectivity index (χ3v) is 7.75. The van der Waals surface area contributed by atoms with Crippen molar-refractivity contribution in [2.24, 2.45) is 0 Å². The first-order valence-corrected chi connectivity index (χ1v) is 13.5. The highest BCUT2D eigenvalue weighted by Crippen LogP contribution is 2.49. The Morgan fingerprint density at radius 3 is 2.74 bits per heavy atom. The predicted octanol–water partition coefficient (Wildman–Crippen LogP) is 5.02. The number of carboxylic acid groups (broad SMARTS) is 1. The highest BCUT2D eigenvalue weighted by atomic mass is 19.1. The van der Waals surface area contributed by atoms with Crippen LogP contribution in [0.3, 0.4) is 0 Å². The van der Waals surface area contributed by atoms with Crippen LogP contribution >= 0.6 is 0 Å². The number of imidazole rings is 1. The minimum Gasteiger partial charge on any atom is -0.481 e. The topological polar surface area (TPSA) is 86.0 Å². The molecule has 0 amide bonds. The number of methoxy groups -OCH3 is 1. The normalized spacial score (nSPS) is 19.5. The number of benzene rings is 2. The molecule has 3 heterocycles. The number of aryl methyl sites for hydroxylation is 2. The van der Waals surface area contributed by atoms with Gasteiger partial charge in [-0.1, -0.05) is 18.2 Å². The van der Waals surface area contributed by atoms with Crippen LogP contribution in [0.25, 0.3) is 0 Å². The van der Waals surface area contributed by atoms with Crippen molar-refractivity contribution in [2.45, 2.75) is 64.3 Å². The van der Waals surface area contributed by atoms with Gasteiger partial charge in [0.1, 0.15) is 11.6 Å². The summed E-state index contributed by atoms with van der Waals surface area (Å²) in [6.07, 6.45) is 4.20. The van der Waals surface area contributed by atoms with E-state index < -0.39 is 11.8 Å². The molecule has 1 aromatic heterocycles. The van der Waals surface area contributed by atoms with Gasteiger partial charge >= 0.3 is 5.97 Å². The van der Waals surface area contributed by atoms with Crippen LogP contribution in [-0.4, -0.2) is 52.3 Å². The van der Waals surface area contributed by atoms with Gasteiger partial charge in [0.2, 0.25) is 0 Å². The Morgan fingerprint density at radius 1 is 1.23 bits per heavy atom. The second-order valence-corrected chi connectivity index (χ2v) is 10.6. The zero-order valence-electron chi connectivity index (χ0n) is 22.8. The number of rotatable bonds is 10. The molecule has 1 fully saturated rings. The molecule has 39 heavy (non-hydrogen) atoms. The molecule has 2 aliphatic rings. The second kappa shape index (κ2) is 11.4. The number of para-hydroxylation sites is 1. The standard InChI is InChI=1S/C30H36FN3O5/c1-20-7-9-24(25(31)17-20)30(2)38-26-6-4-5-23(29(26)39-30)21-11-13-33(14-12-21)19-27-32-18-22(8-10-28(35)36)34(27)15-16-37-3/h4-7,9,17-18,21H,8,10-16,19H2,1-3H3,(H,35,36). The Bertz CT molecular complexity index is 1330. The summed E-state index contributed by atoms with van der Waals surface area (Å²) in [5.74, 6) is 0.208. The fourth-order valence-electron chi connectivity index (χ4n) is 5.64. The van der Waals surface area contributed by atoms with E-state index in [-0.39, 0.29) is 12.2 Å². The monoisotopic (exact) mass is 537 g/mol. The smallest absolute Gasteiger partial charge is 0.303 e. The summed E-state index contributed by atoms with van der Waals surface area (Å²) in [6, 6.07) is 11.1. The van der Waals surface area contributed by atoms with Gasteiger partial charge in [-0.25, -0.2) is 9.37 Å². The molecule has 0 radical (unpaired) electrons. The van der Waals surface area contributed by atoms with E-state index in [0.29, 0.717) is 49.1 Å². The number of hydrogen-bond acceptors (Lipinski definition) is 6. The minimum atomic E-state index is -1.21. The summed E-state index contributed by atoms with van der Waals surface area (Å²) in [5, 5.41) is 9.10. The van der Waals surface area contributed by atoms with Crippen LogP contribution < -0.4 is 9.47 Å². The first-order chi connectivity index (χ1) is 18.8. The van der Waals surface area contributed by atoms with Crippen molar-refractivity contribution in [3.05, 3.63) is 76.6 Å².